The van der Waals surface area contributed by atoms with Crippen LogP contribution in [0.1, 0.15) is 35.3 Å². The minimum absolute atomic E-state index is 0.0786. The van der Waals surface area contributed by atoms with Gasteiger partial charge in [-0.1, -0.05) is 48.5 Å². The second-order valence-corrected chi connectivity index (χ2v) is 5.97. The second-order valence-electron chi connectivity index (χ2n) is 5.97. The Labute approximate surface area is 157 Å². The quantitative estimate of drug-likeness (QED) is 0.443. The zero-order valence-corrected chi connectivity index (χ0v) is 15.1. The predicted octanol–water partition coefficient (Wildman–Crippen LogP) is 2.84. The van der Waals surface area contributed by atoms with Crippen molar-refractivity contribution in [2.45, 2.75) is 19.4 Å². The van der Waals surface area contributed by atoms with E-state index in [1.807, 2.05) is 0 Å². The molecule has 2 aromatic rings. The van der Waals surface area contributed by atoms with Gasteiger partial charge in [0, 0.05) is 11.1 Å². The molecular weight excluding hydrogens is 348 g/mol. The van der Waals surface area contributed by atoms with Crippen molar-refractivity contribution in [3.8, 4) is 0 Å². The summed E-state index contributed by atoms with van der Waals surface area (Å²) in [5.74, 6) is -3.69. The first-order valence-electron chi connectivity index (χ1n) is 8.77. The lowest BCUT2D eigenvalue weighted by Gasteiger charge is -2.34. The number of fused-ring (bicyclic) bond motifs is 1. The number of carbonyl (C=O) groups excluding carboxylic acids is 3. The molecule has 2 aromatic carbocycles. The zero-order valence-electron chi connectivity index (χ0n) is 15.1. The fourth-order valence-electron chi connectivity index (χ4n) is 3.40. The number of rotatable bonds is 6. The summed E-state index contributed by atoms with van der Waals surface area (Å²) in [6.45, 7) is 3.44. The first-order valence-corrected chi connectivity index (χ1v) is 8.77. The van der Waals surface area contributed by atoms with Crippen molar-refractivity contribution in [1.29, 1.82) is 0 Å². The average Bonchev–Trinajstić information content (AvgIpc) is 2.97. The number of esters is 3. The maximum atomic E-state index is 12.8. The van der Waals surface area contributed by atoms with Crippen molar-refractivity contribution in [2.24, 2.45) is 5.92 Å². The molecule has 1 aliphatic rings. The van der Waals surface area contributed by atoms with E-state index >= 15 is 0 Å². The van der Waals surface area contributed by atoms with E-state index in [0.717, 1.165) is 0 Å². The van der Waals surface area contributed by atoms with Crippen molar-refractivity contribution in [2.75, 3.05) is 13.2 Å². The van der Waals surface area contributed by atoms with E-state index in [9.17, 15) is 14.4 Å². The molecule has 0 radical (unpaired) electrons. The van der Waals surface area contributed by atoms with E-state index in [2.05, 4.69) is 0 Å². The predicted molar refractivity (Wildman–Crippen MR) is 95.8 cm³/mol. The number of ether oxygens (including phenoxy) is 3. The fourth-order valence-corrected chi connectivity index (χ4v) is 3.40. The van der Waals surface area contributed by atoms with Crippen LogP contribution in [0.4, 0.5) is 0 Å². The van der Waals surface area contributed by atoms with E-state index in [0.29, 0.717) is 16.7 Å². The lowest BCUT2D eigenvalue weighted by atomic mass is 9.75. The molecule has 0 unspecified atom stereocenters. The Kier molecular flexibility index (Phi) is 5.26. The third-order valence-corrected chi connectivity index (χ3v) is 4.45. The maximum absolute atomic E-state index is 12.8. The highest BCUT2D eigenvalue weighted by molar-refractivity contribution is 6.02. The van der Waals surface area contributed by atoms with Gasteiger partial charge in [0.15, 0.2) is 5.60 Å². The summed E-state index contributed by atoms with van der Waals surface area (Å²) in [6.07, 6.45) is 0. The van der Waals surface area contributed by atoms with Gasteiger partial charge in [-0.15, -0.1) is 0 Å². The molecule has 0 saturated carbocycles. The van der Waals surface area contributed by atoms with Crippen LogP contribution in [0.5, 0.6) is 0 Å². The molecular formula is C21H20O6. The fraction of sp³-hybridized carbons (Fsp3) is 0.286. The Morgan fingerprint density at radius 3 is 2.07 bits per heavy atom. The average molecular weight is 368 g/mol. The number of hydrogen-bond donors (Lipinski definition) is 0. The number of benzene rings is 2. The molecule has 1 atom stereocenters. The van der Waals surface area contributed by atoms with Crippen LogP contribution in [0.25, 0.3) is 0 Å². The molecule has 0 aliphatic carbocycles. The third-order valence-electron chi connectivity index (χ3n) is 4.45. The largest absolute Gasteiger partial charge is 0.465 e. The van der Waals surface area contributed by atoms with Gasteiger partial charge in [0.25, 0.3) is 0 Å². The van der Waals surface area contributed by atoms with Crippen molar-refractivity contribution < 1.29 is 28.6 Å². The summed E-state index contributed by atoms with van der Waals surface area (Å²) >= 11 is 0. The van der Waals surface area contributed by atoms with Crippen molar-refractivity contribution in [3.05, 3.63) is 71.3 Å². The SMILES string of the molecule is CCOC(=O)C(C(=O)OCC)[C@]1(c2ccccc2)OC(=O)c2ccccc21. The van der Waals surface area contributed by atoms with Gasteiger partial charge in [0.1, 0.15) is 0 Å². The molecule has 1 heterocycles. The molecule has 3 rings (SSSR count). The van der Waals surface area contributed by atoms with Crippen LogP contribution in [0.15, 0.2) is 54.6 Å². The first kappa shape index (κ1) is 18.6. The Bertz CT molecular complexity index is 842. The Morgan fingerprint density at radius 1 is 0.926 bits per heavy atom. The van der Waals surface area contributed by atoms with Gasteiger partial charge >= 0.3 is 17.9 Å². The standard InChI is InChI=1S/C21H20O6/c1-3-25-19(23)17(20(24)26-4-2)21(14-10-6-5-7-11-14)16-13-9-8-12-15(16)18(22)27-21/h5-13,17H,3-4H2,1-2H3/t21-/m1/s1. The molecule has 1 aliphatic heterocycles. The highest BCUT2D eigenvalue weighted by atomic mass is 16.6. The normalized spacial score (nSPS) is 18.0. The van der Waals surface area contributed by atoms with Crippen molar-refractivity contribution in [3.63, 3.8) is 0 Å². The lowest BCUT2D eigenvalue weighted by Crippen LogP contribution is -2.47. The molecule has 0 N–H and O–H groups in total. The molecule has 6 nitrogen and oxygen atoms in total. The third kappa shape index (κ3) is 3.07. The van der Waals surface area contributed by atoms with Crippen LogP contribution < -0.4 is 0 Å². The van der Waals surface area contributed by atoms with Crippen LogP contribution >= 0.6 is 0 Å². The Balaban J connectivity index is 2.28. The highest BCUT2D eigenvalue weighted by Crippen LogP contribution is 2.48. The summed E-state index contributed by atoms with van der Waals surface area (Å²) in [5, 5.41) is 0. The maximum Gasteiger partial charge on any atom is 0.339 e. The van der Waals surface area contributed by atoms with E-state index < -0.39 is 29.4 Å². The highest BCUT2D eigenvalue weighted by Gasteiger charge is 2.59. The van der Waals surface area contributed by atoms with Gasteiger partial charge in [-0.3, -0.25) is 9.59 Å². The summed E-state index contributed by atoms with van der Waals surface area (Å²) in [7, 11) is 0. The monoisotopic (exact) mass is 368 g/mol. The van der Waals surface area contributed by atoms with Crippen LogP contribution in [-0.4, -0.2) is 31.1 Å². The molecule has 0 spiro atoms. The number of carbonyl (C=O) groups is 3. The van der Waals surface area contributed by atoms with Crippen LogP contribution in [0.2, 0.25) is 0 Å². The summed E-state index contributed by atoms with van der Waals surface area (Å²) in [6, 6.07) is 15.4. The molecule has 0 bridgehead atoms. The van der Waals surface area contributed by atoms with E-state index in [1.165, 1.54) is 0 Å². The van der Waals surface area contributed by atoms with Gasteiger partial charge in [-0.05, 0) is 19.9 Å². The molecule has 0 saturated heterocycles. The zero-order chi connectivity index (χ0) is 19.4. The van der Waals surface area contributed by atoms with Crippen LogP contribution in [0, 0.1) is 5.92 Å². The van der Waals surface area contributed by atoms with E-state index in [4.69, 9.17) is 14.2 Å². The number of hydrogen-bond acceptors (Lipinski definition) is 6. The smallest absolute Gasteiger partial charge is 0.339 e. The second kappa shape index (κ2) is 7.61. The topological polar surface area (TPSA) is 78.9 Å². The molecule has 0 amide bonds. The van der Waals surface area contributed by atoms with Gasteiger partial charge in [0.2, 0.25) is 5.92 Å². The summed E-state index contributed by atoms with van der Waals surface area (Å²) < 4.78 is 16.1. The van der Waals surface area contributed by atoms with Crippen molar-refractivity contribution >= 4 is 17.9 Å². The lowest BCUT2D eigenvalue weighted by molar-refractivity contribution is -0.172. The van der Waals surface area contributed by atoms with E-state index in [-0.39, 0.29) is 13.2 Å². The van der Waals surface area contributed by atoms with Gasteiger partial charge in [-0.25, -0.2) is 4.79 Å². The molecule has 140 valence electrons. The van der Waals surface area contributed by atoms with Crippen LogP contribution in [0.3, 0.4) is 0 Å². The Morgan fingerprint density at radius 2 is 1.48 bits per heavy atom. The van der Waals surface area contributed by atoms with Gasteiger partial charge in [-0.2, -0.15) is 0 Å². The summed E-state index contributed by atoms with van der Waals surface area (Å²) in [5.41, 5.74) is -0.408. The minimum atomic E-state index is -1.65. The van der Waals surface area contributed by atoms with Crippen LogP contribution in [-0.2, 0) is 29.4 Å². The van der Waals surface area contributed by atoms with Gasteiger partial charge < -0.3 is 14.2 Å². The molecule has 6 heteroatoms. The van der Waals surface area contributed by atoms with Crippen molar-refractivity contribution in [1.82, 2.24) is 0 Å². The summed E-state index contributed by atoms with van der Waals surface area (Å²) in [4.78, 5) is 38.2. The van der Waals surface area contributed by atoms with Gasteiger partial charge in [0.05, 0.1) is 18.8 Å². The number of cyclic esters (lactones) is 1. The minimum Gasteiger partial charge on any atom is -0.465 e. The molecule has 27 heavy (non-hydrogen) atoms. The first-order chi connectivity index (χ1) is 13.1. The Hall–Kier alpha value is -3.15. The molecule has 0 fully saturated rings. The van der Waals surface area contributed by atoms with E-state index in [1.54, 1.807) is 68.4 Å². The molecule has 0 aromatic heterocycles.